The van der Waals surface area contributed by atoms with Crippen molar-refractivity contribution < 1.29 is 49.0 Å². The molecule has 7 rings (SSSR count). The highest BCUT2D eigenvalue weighted by Gasteiger charge is 2.63. The number of Topliss-reactive ketones (excluding diaryl/α,β-unsaturated/α-hetero) is 1. The maximum atomic E-state index is 15.2. The number of aromatic hydroxyl groups is 1. The van der Waals surface area contributed by atoms with Gasteiger partial charge in [-0.3, -0.25) is 9.59 Å². The summed E-state index contributed by atoms with van der Waals surface area (Å²) in [5.74, 6) is -4.65. The van der Waals surface area contributed by atoms with Crippen molar-refractivity contribution in [3.05, 3.63) is 87.2 Å². The second-order valence-corrected chi connectivity index (χ2v) is 19.9. The van der Waals surface area contributed by atoms with Gasteiger partial charge in [0.15, 0.2) is 11.9 Å². The first kappa shape index (κ1) is 47.2. The number of likely N-dealkylation sites (N-methyl/N-ethyl adjacent to an activating group) is 1. The normalized spacial score (nSPS) is 41.7. The zero-order valence-corrected chi connectivity index (χ0v) is 38.9. The number of ketones is 1. The number of amides is 1. The standard InChI is InChI=1S/C50H67ClN2O10/c1-10-13-29-16-17-31-20-25(3)38(62-39-23-35(53(8)9)43(28(6)61-39)52-47(59)40-27(5)34(51)18-19-36(40)54)15-12-14-33-30(11-2)22-32-42(26(4)21-37(55)44(32)56)49(33,7)45(57)41-46(58)50(31,24-29)63-48(41)60/h12,14,16-20,22,26,28-29,31-33,35,37-39,42-44,54-57H,10-11,13,15,21,23-24H2,1-9H3,(H,52,59)/b14-12+,25-20+,45-41-/t26-,28+,29?,31-,32-,33+,35+,37-,38+,39-,42+,43-,44+,49+,50?/m0/s1. The molecule has 6 aliphatic rings. The van der Waals surface area contributed by atoms with Gasteiger partial charge in [-0.1, -0.05) is 87.7 Å². The van der Waals surface area contributed by atoms with Crippen LogP contribution in [0, 0.1) is 47.8 Å². The van der Waals surface area contributed by atoms with Crippen LogP contribution in [0.25, 0.3) is 0 Å². The molecule has 1 spiro atoms. The van der Waals surface area contributed by atoms with E-state index in [1.54, 1.807) is 13.0 Å². The summed E-state index contributed by atoms with van der Waals surface area (Å²) in [6.07, 6.45) is 11.9. The smallest absolute Gasteiger partial charge is 0.346 e. The summed E-state index contributed by atoms with van der Waals surface area (Å²) in [6.45, 7) is 13.5. The predicted molar refractivity (Wildman–Crippen MR) is 240 cm³/mol. The number of hydrogen-bond acceptors (Lipinski definition) is 11. The number of nitrogens with one attached hydrogen (secondary N) is 1. The Morgan fingerprint density at radius 2 is 1.78 bits per heavy atom. The van der Waals surface area contributed by atoms with Gasteiger partial charge in [-0.2, -0.15) is 0 Å². The molecule has 2 saturated heterocycles. The lowest BCUT2D eigenvalue weighted by molar-refractivity contribution is -0.222. The Morgan fingerprint density at radius 1 is 1.05 bits per heavy atom. The van der Waals surface area contributed by atoms with Gasteiger partial charge >= 0.3 is 5.97 Å². The topological polar surface area (TPSA) is 175 Å². The fraction of sp³-hybridized carbons (Fsp3) is 0.620. The minimum absolute atomic E-state index is 0.0325. The highest BCUT2D eigenvalue weighted by Crippen LogP contribution is 2.60. The fourth-order valence-corrected chi connectivity index (χ4v) is 12.3. The zero-order valence-electron chi connectivity index (χ0n) is 38.1. The summed E-state index contributed by atoms with van der Waals surface area (Å²) in [5, 5.41) is 49.3. The van der Waals surface area contributed by atoms with Gasteiger partial charge in [0.05, 0.1) is 36.0 Å². The minimum Gasteiger partial charge on any atom is -0.511 e. The maximum absolute atomic E-state index is 15.2. The number of hydrogen-bond donors (Lipinski definition) is 5. The van der Waals surface area contributed by atoms with Crippen LogP contribution in [0.15, 0.2) is 71.1 Å². The van der Waals surface area contributed by atoms with E-state index in [-0.39, 0.29) is 46.9 Å². The van der Waals surface area contributed by atoms with E-state index in [1.807, 2.05) is 84.0 Å². The van der Waals surface area contributed by atoms with E-state index in [0.717, 1.165) is 24.0 Å². The molecule has 4 aliphatic carbocycles. The zero-order chi connectivity index (χ0) is 45.9. The Hall–Kier alpha value is -3.78. The molecule has 2 aliphatic heterocycles. The number of rotatable bonds is 8. The quantitative estimate of drug-likeness (QED) is 0.0997. The molecular weight excluding hydrogens is 824 g/mol. The number of halogens is 1. The van der Waals surface area contributed by atoms with Crippen molar-refractivity contribution >= 4 is 29.3 Å². The van der Waals surface area contributed by atoms with Crippen molar-refractivity contribution in [1.29, 1.82) is 0 Å². The van der Waals surface area contributed by atoms with E-state index < -0.39 is 89.1 Å². The molecule has 1 aromatic rings. The van der Waals surface area contributed by atoms with E-state index in [4.69, 9.17) is 25.8 Å². The molecule has 2 unspecified atom stereocenters. The number of carbonyl (C=O) groups is 3. The second-order valence-electron chi connectivity index (χ2n) is 19.5. The molecule has 1 amide bonds. The number of nitrogens with zero attached hydrogens (tertiary/aromatic N) is 1. The molecule has 15 atom stereocenters. The molecule has 2 bridgehead atoms. The van der Waals surface area contributed by atoms with E-state index >= 15 is 4.79 Å². The number of phenolic OH excluding ortho intramolecular Hbond substituents is 1. The Balaban J connectivity index is 1.29. The van der Waals surface area contributed by atoms with Crippen LogP contribution < -0.4 is 5.32 Å². The van der Waals surface area contributed by atoms with Gasteiger partial charge in [0, 0.05) is 47.1 Å². The average Bonchev–Trinajstić information content (AvgIpc) is 3.47. The predicted octanol–water partition coefficient (Wildman–Crippen LogP) is 7.44. The van der Waals surface area contributed by atoms with Crippen LogP contribution in [0.5, 0.6) is 5.75 Å². The molecule has 5 N–H and O–H groups in total. The summed E-state index contributed by atoms with van der Waals surface area (Å²) in [6, 6.07) is 2.25. The first-order chi connectivity index (χ1) is 29.8. The first-order valence-electron chi connectivity index (χ1n) is 22.9. The lowest BCUT2D eigenvalue weighted by Crippen LogP contribution is -2.60. The molecule has 344 valence electrons. The third-order valence-electron chi connectivity index (χ3n) is 15.4. The summed E-state index contributed by atoms with van der Waals surface area (Å²) in [5.41, 5.74) is -0.832. The number of aliphatic hydroxyl groups is 3. The van der Waals surface area contributed by atoms with Crippen LogP contribution in [0.3, 0.4) is 0 Å². The molecule has 0 aromatic heterocycles. The van der Waals surface area contributed by atoms with Gasteiger partial charge in [0.1, 0.15) is 17.1 Å². The average molecular weight is 892 g/mol. The van der Waals surface area contributed by atoms with Crippen molar-refractivity contribution in [2.45, 2.75) is 142 Å². The molecule has 13 heteroatoms. The molecular formula is C50H67ClN2O10. The number of fused-ring (bicyclic) bond motifs is 4. The van der Waals surface area contributed by atoms with E-state index in [1.165, 1.54) is 6.07 Å². The van der Waals surface area contributed by atoms with Gasteiger partial charge in [-0.25, -0.2) is 4.79 Å². The van der Waals surface area contributed by atoms with Gasteiger partial charge in [0.25, 0.3) is 5.91 Å². The largest absolute Gasteiger partial charge is 0.511 e. The van der Waals surface area contributed by atoms with Crippen LogP contribution >= 0.6 is 11.6 Å². The number of carbonyl (C=O) groups excluding carboxylic acids is 3. The van der Waals surface area contributed by atoms with Gasteiger partial charge < -0.3 is 44.9 Å². The lowest BCUT2D eigenvalue weighted by Gasteiger charge is -2.56. The molecule has 12 nitrogen and oxygen atoms in total. The van der Waals surface area contributed by atoms with Crippen LogP contribution in [0.2, 0.25) is 5.02 Å². The Labute approximate surface area is 377 Å². The van der Waals surface area contributed by atoms with Crippen LogP contribution in [-0.2, 0) is 23.8 Å². The summed E-state index contributed by atoms with van der Waals surface area (Å²) < 4.78 is 19.9. The van der Waals surface area contributed by atoms with Crippen LogP contribution in [0.1, 0.15) is 102 Å². The summed E-state index contributed by atoms with van der Waals surface area (Å²) in [7, 11) is 3.87. The fourth-order valence-electron chi connectivity index (χ4n) is 12.1. The Kier molecular flexibility index (Phi) is 13.7. The Morgan fingerprint density at radius 3 is 2.46 bits per heavy atom. The maximum Gasteiger partial charge on any atom is 0.346 e. The van der Waals surface area contributed by atoms with Gasteiger partial charge in [-0.05, 0) is 102 Å². The van der Waals surface area contributed by atoms with Crippen molar-refractivity contribution in [2.75, 3.05) is 14.1 Å². The molecule has 3 fully saturated rings. The molecule has 2 heterocycles. The van der Waals surface area contributed by atoms with Gasteiger partial charge in [-0.15, -0.1) is 0 Å². The number of phenols is 1. The monoisotopic (exact) mass is 890 g/mol. The highest BCUT2D eigenvalue weighted by molar-refractivity contribution is 6.32. The summed E-state index contributed by atoms with van der Waals surface area (Å²) >= 11 is 6.34. The van der Waals surface area contributed by atoms with Crippen molar-refractivity contribution in [2.24, 2.45) is 40.9 Å². The van der Waals surface area contributed by atoms with Crippen LogP contribution in [-0.4, -0.2) is 105 Å². The number of esters is 1. The van der Waals surface area contributed by atoms with Crippen molar-refractivity contribution in [1.82, 2.24) is 10.2 Å². The SMILES string of the molecule is CCCC1C=C[C@H]2/C=C(\C)[C@H](O[C@H]3C[C@@H](N(C)C)[C@@H](NC(=O)c4c(O)ccc(Cl)c4C)[C@@H](C)O3)C/C=C/[C@@H]3C(CC)=C[C@@H]4[C@@H](O)[C@@H](O)C[C@H](C)[C@H]4[C@]3(C)/C(O)=C3/C(=O)OC2(C1)C3=O. The van der Waals surface area contributed by atoms with Crippen molar-refractivity contribution in [3.63, 3.8) is 0 Å². The number of ether oxygens (including phenoxy) is 3. The number of benzene rings is 1. The van der Waals surface area contributed by atoms with Crippen LogP contribution in [0.4, 0.5) is 0 Å². The first-order valence-corrected chi connectivity index (χ1v) is 23.2. The molecule has 0 radical (unpaired) electrons. The Bertz CT molecular complexity index is 2130. The number of allylic oxidation sites excluding steroid dienone is 4. The second kappa shape index (κ2) is 18.2. The third kappa shape index (κ3) is 8.26. The highest BCUT2D eigenvalue weighted by atomic mass is 35.5. The molecule has 1 saturated carbocycles. The lowest BCUT2D eigenvalue weighted by atomic mass is 9.49. The van der Waals surface area contributed by atoms with E-state index in [2.05, 4.69) is 18.3 Å². The van der Waals surface area contributed by atoms with Crippen molar-refractivity contribution in [3.8, 4) is 5.75 Å². The van der Waals surface area contributed by atoms with E-state index in [9.17, 15) is 30.0 Å². The minimum atomic E-state index is -1.59. The van der Waals surface area contributed by atoms with E-state index in [0.29, 0.717) is 36.3 Å². The van der Waals surface area contributed by atoms with Gasteiger partial charge in [0.2, 0.25) is 5.78 Å². The molecule has 63 heavy (non-hydrogen) atoms. The molecule has 1 aromatic carbocycles. The summed E-state index contributed by atoms with van der Waals surface area (Å²) in [4.78, 5) is 45.2. The third-order valence-corrected chi connectivity index (χ3v) is 15.8. The number of aliphatic hydroxyl groups excluding tert-OH is 3.